The van der Waals surface area contributed by atoms with Gasteiger partial charge in [-0.25, -0.2) is 8.42 Å². The average molecular weight is 234 g/mol. The standard InChI is InChI=1S/C10H22N2O2S/c1-15(13,14)8-10(12-11)7-9-5-3-2-4-6-9/h9-10,12H,2-8,11H2,1H3. The molecular weight excluding hydrogens is 212 g/mol. The van der Waals surface area contributed by atoms with Gasteiger partial charge in [-0.1, -0.05) is 32.1 Å². The maximum absolute atomic E-state index is 11.1. The largest absolute Gasteiger partial charge is 0.271 e. The quantitative estimate of drug-likeness (QED) is 0.546. The summed E-state index contributed by atoms with van der Waals surface area (Å²) in [6.45, 7) is 0. The van der Waals surface area contributed by atoms with E-state index in [1.807, 2.05) is 0 Å². The summed E-state index contributed by atoms with van der Waals surface area (Å²) in [5, 5.41) is 0. The summed E-state index contributed by atoms with van der Waals surface area (Å²) in [6, 6.07) is -0.0805. The smallest absolute Gasteiger partial charge is 0.149 e. The van der Waals surface area contributed by atoms with Gasteiger partial charge in [-0.15, -0.1) is 0 Å². The minimum atomic E-state index is -2.93. The van der Waals surface area contributed by atoms with E-state index in [4.69, 9.17) is 5.84 Å². The zero-order valence-electron chi connectivity index (χ0n) is 9.41. The molecule has 0 aromatic carbocycles. The molecule has 0 radical (unpaired) electrons. The number of nitrogens with two attached hydrogens (primary N) is 1. The van der Waals surface area contributed by atoms with Crippen molar-refractivity contribution >= 4 is 9.84 Å². The van der Waals surface area contributed by atoms with Gasteiger partial charge in [0.2, 0.25) is 0 Å². The fraction of sp³-hybridized carbons (Fsp3) is 1.00. The SMILES string of the molecule is CS(=O)(=O)CC(CC1CCCCC1)NN. The van der Waals surface area contributed by atoms with Crippen molar-refractivity contribution in [1.29, 1.82) is 0 Å². The molecule has 0 saturated heterocycles. The molecule has 0 heterocycles. The first-order chi connectivity index (χ1) is 7.01. The van der Waals surface area contributed by atoms with Crippen LogP contribution in [0.5, 0.6) is 0 Å². The third-order valence-electron chi connectivity index (χ3n) is 3.08. The van der Waals surface area contributed by atoms with Gasteiger partial charge in [0.15, 0.2) is 0 Å². The van der Waals surface area contributed by atoms with Crippen LogP contribution < -0.4 is 11.3 Å². The number of hydrazine groups is 1. The van der Waals surface area contributed by atoms with E-state index in [9.17, 15) is 8.42 Å². The molecule has 0 amide bonds. The van der Waals surface area contributed by atoms with Gasteiger partial charge in [0, 0.05) is 12.3 Å². The Labute approximate surface area is 92.5 Å². The van der Waals surface area contributed by atoms with Crippen LogP contribution in [0.4, 0.5) is 0 Å². The maximum Gasteiger partial charge on any atom is 0.149 e. The molecule has 5 heteroatoms. The highest BCUT2D eigenvalue weighted by molar-refractivity contribution is 7.90. The predicted octanol–water partition coefficient (Wildman–Crippen LogP) is 0.833. The maximum atomic E-state index is 11.1. The lowest BCUT2D eigenvalue weighted by Crippen LogP contribution is -2.41. The Morgan fingerprint density at radius 2 is 1.93 bits per heavy atom. The van der Waals surface area contributed by atoms with Crippen LogP contribution >= 0.6 is 0 Å². The van der Waals surface area contributed by atoms with Crippen LogP contribution in [0.2, 0.25) is 0 Å². The van der Waals surface area contributed by atoms with Crippen LogP contribution in [0.1, 0.15) is 38.5 Å². The lowest BCUT2D eigenvalue weighted by Gasteiger charge is -2.25. The predicted molar refractivity (Wildman–Crippen MR) is 62.0 cm³/mol. The van der Waals surface area contributed by atoms with E-state index < -0.39 is 9.84 Å². The second-order valence-electron chi connectivity index (χ2n) is 4.70. The van der Waals surface area contributed by atoms with Gasteiger partial charge in [0.1, 0.15) is 9.84 Å². The first-order valence-corrected chi connectivity index (χ1v) is 7.71. The molecule has 1 aliphatic carbocycles. The summed E-state index contributed by atoms with van der Waals surface area (Å²) in [5.74, 6) is 6.19. The summed E-state index contributed by atoms with van der Waals surface area (Å²) >= 11 is 0. The average Bonchev–Trinajstić information content (AvgIpc) is 2.16. The van der Waals surface area contributed by atoms with E-state index in [1.165, 1.54) is 38.4 Å². The van der Waals surface area contributed by atoms with Gasteiger partial charge in [-0.05, 0) is 12.3 Å². The molecular formula is C10H22N2O2S. The van der Waals surface area contributed by atoms with Crippen molar-refractivity contribution in [3.63, 3.8) is 0 Å². The van der Waals surface area contributed by atoms with Crippen LogP contribution in [0.25, 0.3) is 0 Å². The fourth-order valence-electron chi connectivity index (χ4n) is 2.37. The summed E-state index contributed by atoms with van der Waals surface area (Å²) in [6.07, 6.45) is 8.48. The molecule has 0 spiro atoms. The molecule has 1 atom stereocenters. The molecule has 15 heavy (non-hydrogen) atoms. The summed E-state index contributed by atoms with van der Waals surface area (Å²) in [5.41, 5.74) is 2.63. The Morgan fingerprint density at radius 1 is 1.33 bits per heavy atom. The van der Waals surface area contributed by atoms with Crippen LogP contribution in [0.3, 0.4) is 0 Å². The van der Waals surface area contributed by atoms with Gasteiger partial charge in [-0.2, -0.15) is 0 Å². The molecule has 0 aliphatic heterocycles. The minimum Gasteiger partial charge on any atom is -0.271 e. The molecule has 1 saturated carbocycles. The van der Waals surface area contributed by atoms with E-state index in [1.54, 1.807) is 0 Å². The van der Waals surface area contributed by atoms with Crippen molar-refractivity contribution in [2.75, 3.05) is 12.0 Å². The molecule has 3 N–H and O–H groups in total. The van der Waals surface area contributed by atoms with E-state index in [-0.39, 0.29) is 11.8 Å². The Kier molecular flexibility index (Phi) is 5.02. The topological polar surface area (TPSA) is 72.2 Å². The highest BCUT2D eigenvalue weighted by atomic mass is 32.2. The summed E-state index contributed by atoms with van der Waals surface area (Å²) in [4.78, 5) is 0. The zero-order valence-corrected chi connectivity index (χ0v) is 10.2. The third kappa shape index (κ3) is 5.49. The summed E-state index contributed by atoms with van der Waals surface area (Å²) < 4.78 is 22.3. The van der Waals surface area contributed by atoms with Gasteiger partial charge < -0.3 is 0 Å². The van der Waals surface area contributed by atoms with E-state index in [2.05, 4.69) is 5.43 Å². The van der Waals surface area contributed by atoms with Crippen molar-refractivity contribution < 1.29 is 8.42 Å². The third-order valence-corrected chi connectivity index (χ3v) is 4.09. The molecule has 0 aromatic rings. The molecule has 90 valence electrons. The number of rotatable bonds is 5. The van der Waals surface area contributed by atoms with Crippen molar-refractivity contribution in [2.45, 2.75) is 44.6 Å². The van der Waals surface area contributed by atoms with E-state index >= 15 is 0 Å². The van der Waals surface area contributed by atoms with Gasteiger partial charge >= 0.3 is 0 Å². The highest BCUT2D eigenvalue weighted by Gasteiger charge is 2.20. The van der Waals surface area contributed by atoms with E-state index in [0.29, 0.717) is 5.92 Å². The zero-order chi connectivity index (χ0) is 11.3. The molecule has 4 nitrogen and oxygen atoms in total. The number of nitrogens with one attached hydrogen (secondary N) is 1. The van der Waals surface area contributed by atoms with Crippen LogP contribution in [-0.2, 0) is 9.84 Å². The highest BCUT2D eigenvalue weighted by Crippen LogP contribution is 2.27. The number of hydrogen-bond acceptors (Lipinski definition) is 4. The van der Waals surface area contributed by atoms with Crippen LogP contribution in [0, 0.1) is 5.92 Å². The first kappa shape index (κ1) is 12.9. The first-order valence-electron chi connectivity index (χ1n) is 5.65. The Hall–Kier alpha value is -0.130. The molecule has 1 fully saturated rings. The normalized spacial score (nSPS) is 21.5. The van der Waals surface area contributed by atoms with Gasteiger partial charge in [0.25, 0.3) is 0 Å². The molecule has 0 aromatic heterocycles. The summed E-state index contributed by atoms with van der Waals surface area (Å²) in [7, 11) is -2.93. The Balaban J connectivity index is 2.38. The number of hydrogen-bond donors (Lipinski definition) is 2. The van der Waals surface area contributed by atoms with Crippen molar-refractivity contribution in [1.82, 2.24) is 5.43 Å². The van der Waals surface area contributed by atoms with Crippen LogP contribution in [0.15, 0.2) is 0 Å². The molecule has 1 unspecified atom stereocenters. The molecule has 0 bridgehead atoms. The monoisotopic (exact) mass is 234 g/mol. The number of sulfone groups is 1. The molecule has 1 aliphatic rings. The second kappa shape index (κ2) is 5.82. The van der Waals surface area contributed by atoms with Gasteiger partial charge in [0.05, 0.1) is 5.75 Å². The Bertz CT molecular complexity index is 271. The lowest BCUT2D eigenvalue weighted by atomic mass is 9.85. The van der Waals surface area contributed by atoms with Crippen molar-refractivity contribution in [3.8, 4) is 0 Å². The van der Waals surface area contributed by atoms with Crippen molar-refractivity contribution in [3.05, 3.63) is 0 Å². The minimum absolute atomic E-state index is 0.0805. The lowest BCUT2D eigenvalue weighted by molar-refractivity contribution is 0.307. The Morgan fingerprint density at radius 3 is 2.40 bits per heavy atom. The fourth-order valence-corrected chi connectivity index (χ4v) is 3.34. The van der Waals surface area contributed by atoms with Crippen LogP contribution in [-0.4, -0.2) is 26.5 Å². The van der Waals surface area contributed by atoms with Gasteiger partial charge in [-0.3, -0.25) is 11.3 Å². The molecule has 1 rings (SSSR count). The second-order valence-corrected chi connectivity index (χ2v) is 6.88. The van der Waals surface area contributed by atoms with E-state index in [0.717, 1.165) is 6.42 Å². The van der Waals surface area contributed by atoms with Crippen molar-refractivity contribution in [2.24, 2.45) is 11.8 Å².